The zero-order valence-corrected chi connectivity index (χ0v) is 25.2. The third-order valence-electron chi connectivity index (χ3n) is 5.07. The summed E-state index contributed by atoms with van der Waals surface area (Å²) >= 11 is 11.8. The summed E-state index contributed by atoms with van der Waals surface area (Å²) in [5, 5.41) is 0. The Balaban J connectivity index is 5.23. The van der Waals surface area contributed by atoms with Crippen molar-refractivity contribution in [1.29, 1.82) is 0 Å². The molecule has 0 aromatic carbocycles. The van der Waals surface area contributed by atoms with Crippen LogP contribution < -0.4 is 0 Å². The van der Waals surface area contributed by atoms with E-state index in [1.54, 1.807) is 0 Å². The van der Waals surface area contributed by atoms with E-state index in [4.69, 9.17) is 41.7 Å². The Labute approximate surface area is 204 Å². The topological polar surface area (TPSA) is 36.9 Å². The zero-order chi connectivity index (χ0) is 23.2. The molecule has 0 radical (unpaired) electrons. The molecule has 0 saturated carbocycles. The van der Waals surface area contributed by atoms with Gasteiger partial charge in [0.2, 0.25) is 0 Å². The first-order valence-electron chi connectivity index (χ1n) is 11.2. The van der Waals surface area contributed by atoms with Gasteiger partial charge >= 0.3 is 0 Å². The van der Waals surface area contributed by atoms with Crippen LogP contribution in [0.3, 0.4) is 0 Å². The Morgan fingerprint density at radius 3 is 0.900 bits per heavy atom. The third kappa shape index (κ3) is 14.9. The summed E-state index contributed by atoms with van der Waals surface area (Å²) in [6.45, 7) is 19.7. The normalized spacial score (nSPS) is 20.1. The second-order valence-electron chi connectivity index (χ2n) is 8.28. The van der Waals surface area contributed by atoms with Crippen molar-refractivity contribution in [1.82, 2.24) is 0 Å². The molecule has 0 aliphatic rings. The van der Waals surface area contributed by atoms with Crippen LogP contribution in [0.25, 0.3) is 0 Å². The monoisotopic (exact) mass is 538 g/mol. The van der Waals surface area contributed by atoms with Gasteiger partial charge in [0, 0.05) is 20.8 Å². The van der Waals surface area contributed by atoms with Crippen molar-refractivity contribution < 1.29 is 18.1 Å². The van der Waals surface area contributed by atoms with Crippen molar-refractivity contribution in [2.75, 3.05) is 26.4 Å². The van der Waals surface area contributed by atoms with Gasteiger partial charge in [0.05, 0.1) is 26.4 Å². The molecule has 0 spiro atoms. The molecule has 0 heterocycles. The molecular formula is C20H44O4P2S4. The first-order chi connectivity index (χ1) is 14.0. The highest BCUT2D eigenvalue weighted by Gasteiger charge is 2.30. The largest absolute Gasteiger partial charge is 0.321 e. The van der Waals surface area contributed by atoms with Crippen LogP contribution in [0.2, 0.25) is 0 Å². The smallest absolute Gasteiger partial charge is 0.258 e. The van der Waals surface area contributed by atoms with Crippen molar-refractivity contribution in [2.45, 2.75) is 81.1 Å². The van der Waals surface area contributed by atoms with Gasteiger partial charge in [-0.25, -0.2) is 0 Å². The Kier molecular flexibility index (Phi) is 18.4. The lowest BCUT2D eigenvalue weighted by Crippen LogP contribution is -2.08. The zero-order valence-electron chi connectivity index (χ0n) is 20.1. The molecule has 0 amide bonds. The van der Waals surface area contributed by atoms with Gasteiger partial charge in [0.15, 0.2) is 0 Å². The van der Waals surface area contributed by atoms with Crippen molar-refractivity contribution >= 4 is 55.8 Å². The maximum atomic E-state index is 6.17. The highest BCUT2D eigenvalue weighted by atomic mass is 33.5. The summed E-state index contributed by atoms with van der Waals surface area (Å²) in [7, 11) is 2.90. The Morgan fingerprint density at radius 2 is 0.733 bits per heavy atom. The van der Waals surface area contributed by atoms with Gasteiger partial charge in [-0.05, 0) is 47.3 Å². The minimum absolute atomic E-state index is 0.441. The highest BCUT2D eigenvalue weighted by molar-refractivity contribution is 9.17. The maximum Gasteiger partial charge on any atom is 0.258 e. The highest BCUT2D eigenvalue weighted by Crippen LogP contribution is 2.77. The Bertz CT molecular complexity index is 457. The fraction of sp³-hybridized carbons (Fsp3) is 1.00. The number of hydrogen-bond acceptors (Lipinski definition) is 8. The molecule has 0 N–H and O–H groups in total. The number of rotatable bonds is 19. The van der Waals surface area contributed by atoms with E-state index in [2.05, 4.69) is 55.4 Å². The molecule has 0 aromatic heterocycles. The minimum Gasteiger partial charge on any atom is -0.321 e. The lowest BCUT2D eigenvalue weighted by atomic mass is 10.1. The minimum atomic E-state index is -2.54. The van der Waals surface area contributed by atoms with Crippen LogP contribution in [-0.2, 0) is 41.7 Å². The average molecular weight is 539 g/mol. The molecule has 182 valence electrons. The third-order valence-corrected chi connectivity index (χ3v) is 20.2. The Morgan fingerprint density at radius 1 is 0.533 bits per heavy atom. The lowest BCUT2D eigenvalue weighted by molar-refractivity contribution is 0.206. The van der Waals surface area contributed by atoms with Crippen LogP contribution in [0.1, 0.15) is 81.1 Å². The molecule has 0 saturated heterocycles. The van der Waals surface area contributed by atoms with E-state index in [-0.39, 0.29) is 0 Å². The van der Waals surface area contributed by atoms with Gasteiger partial charge in [-0.3, -0.25) is 0 Å². The van der Waals surface area contributed by atoms with Crippen LogP contribution in [0.4, 0.5) is 0 Å². The summed E-state index contributed by atoms with van der Waals surface area (Å²) in [6.07, 6.45) is 4.19. The second kappa shape index (κ2) is 17.3. The van der Waals surface area contributed by atoms with Crippen LogP contribution in [0.5, 0.6) is 0 Å². The van der Waals surface area contributed by atoms with Crippen molar-refractivity contribution in [3.63, 3.8) is 0 Å². The molecule has 0 aliphatic heterocycles. The lowest BCUT2D eigenvalue weighted by Gasteiger charge is -2.28. The summed E-state index contributed by atoms with van der Waals surface area (Å²) in [6, 6.07) is 0. The fourth-order valence-corrected chi connectivity index (χ4v) is 18.1. The van der Waals surface area contributed by atoms with Crippen LogP contribution in [0, 0.1) is 23.7 Å². The first-order valence-corrected chi connectivity index (χ1v) is 19.8. The molecule has 0 aromatic rings. The molecule has 4 nitrogen and oxygen atoms in total. The van der Waals surface area contributed by atoms with E-state index in [0.29, 0.717) is 50.1 Å². The molecular weight excluding hydrogens is 494 g/mol. The molecule has 30 heavy (non-hydrogen) atoms. The molecule has 0 fully saturated rings. The molecule has 10 heteroatoms. The summed E-state index contributed by atoms with van der Waals surface area (Å²) < 4.78 is 24.7. The second-order valence-corrected chi connectivity index (χ2v) is 22.1. The summed E-state index contributed by atoms with van der Waals surface area (Å²) in [4.78, 5) is 0. The Hall–Kier alpha value is 1.84. The van der Waals surface area contributed by atoms with Gasteiger partial charge in [-0.2, -0.15) is 0 Å². The van der Waals surface area contributed by atoms with Gasteiger partial charge in [-0.1, -0.05) is 81.1 Å². The van der Waals surface area contributed by atoms with Gasteiger partial charge in [-0.15, -0.1) is 0 Å². The quantitative estimate of drug-likeness (QED) is 0.119. The van der Waals surface area contributed by atoms with E-state index in [1.165, 1.54) is 20.8 Å². The van der Waals surface area contributed by atoms with Crippen molar-refractivity contribution in [3.8, 4) is 0 Å². The molecule has 4 atom stereocenters. The standard InChI is InChI=1S/C20H44O4P2S4/c1-9-17(5)13-21-25(27,22-14-18(6)10-2)29-30-26(28,23-15-19(7)11-3)24-16-20(8)12-4/h17-20H,9-16H2,1-8H3. The van der Waals surface area contributed by atoms with E-state index < -0.39 is 11.4 Å². The van der Waals surface area contributed by atoms with Gasteiger partial charge in [0.25, 0.3) is 11.4 Å². The average Bonchev–Trinajstić information content (AvgIpc) is 2.76. The first kappa shape index (κ1) is 31.8. The SMILES string of the molecule is CCC(C)COP(=S)(OCC(C)CC)SSP(=S)(OCC(C)CC)OCC(C)CC. The fourth-order valence-electron chi connectivity index (χ4n) is 1.59. The predicted octanol–water partition coefficient (Wildman–Crippen LogP) is 9.07. The summed E-state index contributed by atoms with van der Waals surface area (Å²) in [5.41, 5.74) is -5.09. The molecule has 4 unspecified atom stereocenters. The van der Waals surface area contributed by atoms with E-state index >= 15 is 0 Å². The maximum absolute atomic E-state index is 6.17. The molecule has 0 aliphatic carbocycles. The predicted molar refractivity (Wildman–Crippen MR) is 145 cm³/mol. The van der Waals surface area contributed by atoms with E-state index in [9.17, 15) is 0 Å². The van der Waals surface area contributed by atoms with Crippen molar-refractivity contribution in [2.24, 2.45) is 23.7 Å². The molecule has 0 rings (SSSR count). The van der Waals surface area contributed by atoms with Crippen LogP contribution >= 0.6 is 32.2 Å². The van der Waals surface area contributed by atoms with Crippen LogP contribution in [-0.4, -0.2) is 26.4 Å². The van der Waals surface area contributed by atoms with Crippen molar-refractivity contribution in [3.05, 3.63) is 0 Å². The van der Waals surface area contributed by atoms with Gasteiger partial charge < -0.3 is 18.1 Å². The van der Waals surface area contributed by atoms with Gasteiger partial charge in [0.1, 0.15) is 0 Å². The van der Waals surface area contributed by atoms with Crippen LogP contribution in [0.15, 0.2) is 0 Å². The summed E-state index contributed by atoms with van der Waals surface area (Å²) in [5.74, 6) is 1.76. The molecule has 0 bridgehead atoms. The number of hydrogen-bond donors (Lipinski definition) is 0. The van der Waals surface area contributed by atoms with E-state index in [0.717, 1.165) is 25.7 Å². The van der Waals surface area contributed by atoms with E-state index in [1.807, 2.05) is 0 Å².